The van der Waals surface area contributed by atoms with Crippen molar-refractivity contribution in [3.8, 4) is 11.8 Å². The number of ether oxygens (including phenoxy) is 1. The largest absolute Gasteiger partial charge is 0.494 e. The van der Waals surface area contributed by atoms with E-state index in [2.05, 4.69) is 5.32 Å². The second-order valence-electron chi connectivity index (χ2n) is 6.73. The fourth-order valence-electron chi connectivity index (χ4n) is 2.98. The van der Waals surface area contributed by atoms with Gasteiger partial charge in [-0.3, -0.25) is 9.59 Å². The zero-order chi connectivity index (χ0) is 18.8. The third-order valence-corrected chi connectivity index (χ3v) is 4.62. The predicted octanol–water partition coefficient (Wildman–Crippen LogP) is 2.42. The molecular weight excluding hydrogens is 330 g/mol. The highest BCUT2D eigenvalue weighted by atomic mass is 16.5. The van der Waals surface area contributed by atoms with E-state index in [9.17, 15) is 9.59 Å². The number of aryl methyl sites for hydroxylation is 1. The first kappa shape index (κ1) is 19.8. The highest BCUT2D eigenvalue weighted by Gasteiger charge is 2.22. The number of carbonyl (C=O) groups is 2. The molecule has 0 aromatic heterocycles. The first-order chi connectivity index (χ1) is 12.6. The van der Waals surface area contributed by atoms with Gasteiger partial charge in [0, 0.05) is 26.1 Å². The van der Waals surface area contributed by atoms with Crippen LogP contribution in [0.25, 0.3) is 0 Å². The summed E-state index contributed by atoms with van der Waals surface area (Å²) in [5.74, 6) is 1.16. The SMILES string of the molecule is Cc1ccc(OCCCC(=O)N2CCC(CNC(=O)CC#N)CC2)cc1. The maximum absolute atomic E-state index is 12.3. The van der Waals surface area contributed by atoms with Crippen molar-refractivity contribution in [3.05, 3.63) is 29.8 Å². The molecule has 0 spiro atoms. The minimum Gasteiger partial charge on any atom is -0.494 e. The number of nitriles is 1. The Labute approximate surface area is 155 Å². The molecule has 1 fully saturated rings. The smallest absolute Gasteiger partial charge is 0.234 e. The molecule has 6 heteroatoms. The molecule has 1 aromatic rings. The zero-order valence-corrected chi connectivity index (χ0v) is 15.4. The molecule has 0 bridgehead atoms. The Morgan fingerprint density at radius 3 is 2.62 bits per heavy atom. The number of rotatable bonds is 8. The number of nitrogens with one attached hydrogen (secondary N) is 1. The zero-order valence-electron chi connectivity index (χ0n) is 15.4. The molecule has 1 saturated heterocycles. The lowest BCUT2D eigenvalue weighted by Crippen LogP contribution is -2.41. The van der Waals surface area contributed by atoms with Crippen molar-refractivity contribution in [2.75, 3.05) is 26.2 Å². The molecule has 1 heterocycles. The number of amides is 2. The van der Waals surface area contributed by atoms with Crippen LogP contribution < -0.4 is 10.1 Å². The summed E-state index contributed by atoms with van der Waals surface area (Å²) in [5, 5.41) is 11.2. The van der Waals surface area contributed by atoms with E-state index in [4.69, 9.17) is 10.00 Å². The van der Waals surface area contributed by atoms with Gasteiger partial charge in [-0.25, -0.2) is 0 Å². The van der Waals surface area contributed by atoms with Gasteiger partial charge in [0.1, 0.15) is 12.2 Å². The number of hydrogen-bond acceptors (Lipinski definition) is 4. The van der Waals surface area contributed by atoms with Crippen molar-refractivity contribution in [1.29, 1.82) is 5.26 Å². The molecule has 1 aliphatic rings. The first-order valence-electron chi connectivity index (χ1n) is 9.19. The lowest BCUT2D eigenvalue weighted by molar-refractivity contribution is -0.133. The van der Waals surface area contributed by atoms with Crippen LogP contribution in [0.2, 0.25) is 0 Å². The third kappa shape index (κ3) is 6.75. The minimum atomic E-state index is -0.223. The van der Waals surface area contributed by atoms with Crippen molar-refractivity contribution >= 4 is 11.8 Å². The normalized spacial score (nSPS) is 14.5. The number of piperidine rings is 1. The summed E-state index contributed by atoms with van der Waals surface area (Å²) >= 11 is 0. The number of carbonyl (C=O) groups excluding carboxylic acids is 2. The van der Waals surface area contributed by atoms with E-state index in [1.165, 1.54) is 5.56 Å². The van der Waals surface area contributed by atoms with Gasteiger partial charge < -0.3 is 15.0 Å². The molecule has 2 amide bonds. The molecule has 0 unspecified atom stereocenters. The molecule has 1 aromatic carbocycles. The molecule has 0 atom stereocenters. The molecule has 6 nitrogen and oxygen atoms in total. The van der Waals surface area contributed by atoms with Crippen LogP contribution in [-0.2, 0) is 9.59 Å². The fourth-order valence-corrected chi connectivity index (χ4v) is 2.98. The van der Waals surface area contributed by atoms with Crippen LogP contribution in [0.4, 0.5) is 0 Å². The maximum atomic E-state index is 12.3. The van der Waals surface area contributed by atoms with E-state index in [-0.39, 0.29) is 18.2 Å². The number of benzene rings is 1. The molecule has 0 aliphatic carbocycles. The Balaban J connectivity index is 1.58. The van der Waals surface area contributed by atoms with Crippen molar-refractivity contribution in [1.82, 2.24) is 10.2 Å². The summed E-state index contributed by atoms with van der Waals surface area (Å²) in [6.45, 7) is 4.63. The van der Waals surface area contributed by atoms with E-state index >= 15 is 0 Å². The van der Waals surface area contributed by atoms with E-state index in [1.54, 1.807) is 0 Å². The first-order valence-corrected chi connectivity index (χ1v) is 9.19. The van der Waals surface area contributed by atoms with Gasteiger partial charge in [0.15, 0.2) is 0 Å². The van der Waals surface area contributed by atoms with E-state index in [0.717, 1.165) is 31.7 Å². The highest BCUT2D eigenvalue weighted by Crippen LogP contribution is 2.18. The van der Waals surface area contributed by atoms with Gasteiger partial charge in [0.05, 0.1) is 12.7 Å². The second kappa shape index (κ2) is 10.4. The monoisotopic (exact) mass is 357 g/mol. The van der Waals surface area contributed by atoms with Gasteiger partial charge in [-0.2, -0.15) is 5.26 Å². The molecule has 0 saturated carbocycles. The Bertz CT molecular complexity index is 629. The van der Waals surface area contributed by atoms with E-state index < -0.39 is 0 Å². The Hall–Kier alpha value is -2.55. The van der Waals surface area contributed by atoms with Crippen molar-refractivity contribution in [3.63, 3.8) is 0 Å². The van der Waals surface area contributed by atoms with Crippen LogP contribution in [0.5, 0.6) is 5.75 Å². The van der Waals surface area contributed by atoms with Crippen molar-refractivity contribution < 1.29 is 14.3 Å². The summed E-state index contributed by atoms with van der Waals surface area (Å²) in [4.78, 5) is 25.5. The lowest BCUT2D eigenvalue weighted by Gasteiger charge is -2.32. The summed E-state index contributed by atoms with van der Waals surface area (Å²) in [5.41, 5.74) is 1.19. The van der Waals surface area contributed by atoms with Gasteiger partial charge >= 0.3 is 0 Å². The molecule has 2 rings (SSSR count). The fraction of sp³-hybridized carbons (Fsp3) is 0.550. The van der Waals surface area contributed by atoms with Crippen molar-refractivity contribution in [2.24, 2.45) is 5.92 Å². The van der Waals surface area contributed by atoms with Crippen LogP contribution in [-0.4, -0.2) is 43.0 Å². The Morgan fingerprint density at radius 2 is 1.96 bits per heavy atom. The number of likely N-dealkylation sites (tertiary alicyclic amines) is 1. The summed E-state index contributed by atoms with van der Waals surface area (Å²) < 4.78 is 5.66. The Morgan fingerprint density at radius 1 is 1.27 bits per heavy atom. The average Bonchev–Trinajstić information content (AvgIpc) is 2.65. The maximum Gasteiger partial charge on any atom is 0.234 e. The Kier molecular flexibility index (Phi) is 7.94. The van der Waals surface area contributed by atoms with Gasteiger partial charge in [-0.05, 0) is 44.2 Å². The molecule has 0 radical (unpaired) electrons. The minimum absolute atomic E-state index is 0.0952. The molecular formula is C20H27N3O3. The second-order valence-corrected chi connectivity index (χ2v) is 6.73. The number of hydrogen-bond donors (Lipinski definition) is 1. The highest BCUT2D eigenvalue weighted by molar-refractivity contribution is 5.78. The van der Waals surface area contributed by atoms with Crippen molar-refractivity contribution in [2.45, 2.75) is 39.0 Å². The summed E-state index contributed by atoms with van der Waals surface area (Å²) in [6, 6.07) is 9.74. The molecule has 26 heavy (non-hydrogen) atoms. The average molecular weight is 357 g/mol. The summed E-state index contributed by atoms with van der Waals surface area (Å²) in [7, 11) is 0. The molecule has 1 N–H and O–H groups in total. The lowest BCUT2D eigenvalue weighted by atomic mass is 9.96. The van der Waals surface area contributed by atoms with Gasteiger partial charge in [0.2, 0.25) is 11.8 Å². The van der Waals surface area contributed by atoms with Crippen LogP contribution in [0.15, 0.2) is 24.3 Å². The third-order valence-electron chi connectivity index (χ3n) is 4.62. The van der Waals surface area contributed by atoms with Gasteiger partial charge in [-0.15, -0.1) is 0 Å². The van der Waals surface area contributed by atoms with Crippen LogP contribution in [0, 0.1) is 24.2 Å². The van der Waals surface area contributed by atoms with Gasteiger partial charge in [0.25, 0.3) is 0 Å². The quantitative estimate of drug-likeness (QED) is 0.724. The number of nitrogens with zero attached hydrogens (tertiary/aromatic N) is 2. The molecule has 140 valence electrons. The predicted molar refractivity (Wildman–Crippen MR) is 98.5 cm³/mol. The van der Waals surface area contributed by atoms with E-state index in [0.29, 0.717) is 31.9 Å². The van der Waals surface area contributed by atoms with Crippen LogP contribution in [0.1, 0.15) is 37.7 Å². The van der Waals surface area contributed by atoms with Gasteiger partial charge in [-0.1, -0.05) is 17.7 Å². The summed E-state index contributed by atoms with van der Waals surface area (Å²) in [6.07, 6.45) is 2.88. The van der Waals surface area contributed by atoms with E-state index in [1.807, 2.05) is 42.2 Å². The molecule has 1 aliphatic heterocycles. The van der Waals surface area contributed by atoms with Crippen LogP contribution in [0.3, 0.4) is 0 Å². The topological polar surface area (TPSA) is 82.4 Å². The standard InChI is InChI=1S/C20H27N3O3/c1-16-4-6-18(7-5-16)26-14-2-3-20(25)23-12-9-17(10-13-23)15-22-19(24)8-11-21/h4-7,17H,2-3,8-10,12-15H2,1H3,(H,22,24). The van der Waals surface area contributed by atoms with Crippen LogP contribution >= 0.6 is 0 Å².